The summed E-state index contributed by atoms with van der Waals surface area (Å²) in [6.07, 6.45) is 26.9. The second kappa shape index (κ2) is 41.8. The van der Waals surface area contributed by atoms with Crippen LogP contribution in [-0.2, 0) is 38.1 Å². The fourth-order valence-electron chi connectivity index (χ4n) is 6.88. The van der Waals surface area contributed by atoms with E-state index in [0.29, 0.717) is 45.1 Å². The summed E-state index contributed by atoms with van der Waals surface area (Å²) in [5.41, 5.74) is 0. The standard InChI is InChI=1S/C47H89NO9/c1-6-11-14-17-18-19-20-21-24-25-32-43(57-47(52)54-38-30-37-48(9-4)10-5)36-39-53-44(49)35-29-28-31-42(40-55-45(50)33-26-22-15-12-7-2)41-56-46(51)34-27-23-16-13-8-3/h42-43H,6-41H2,1-5H3/t43-/m1/s1. The second-order valence-corrected chi connectivity index (χ2v) is 16.0. The highest BCUT2D eigenvalue weighted by atomic mass is 16.7. The van der Waals surface area contributed by atoms with Crippen molar-refractivity contribution < 1.29 is 42.9 Å². The predicted molar refractivity (Wildman–Crippen MR) is 231 cm³/mol. The number of hydrogen-bond acceptors (Lipinski definition) is 10. The summed E-state index contributed by atoms with van der Waals surface area (Å²) in [6, 6.07) is 0. The first-order valence-corrected chi connectivity index (χ1v) is 23.8. The first kappa shape index (κ1) is 54.6. The number of unbranched alkanes of at least 4 members (excludes halogenated alkanes) is 18. The molecule has 0 aromatic carbocycles. The van der Waals surface area contributed by atoms with Crippen LogP contribution in [0.4, 0.5) is 4.79 Å². The Bertz CT molecular complexity index is 912. The fourth-order valence-corrected chi connectivity index (χ4v) is 6.88. The van der Waals surface area contributed by atoms with E-state index in [1.54, 1.807) is 0 Å². The average molecular weight is 812 g/mol. The normalized spacial score (nSPS) is 11.8. The summed E-state index contributed by atoms with van der Waals surface area (Å²) < 4.78 is 27.9. The summed E-state index contributed by atoms with van der Waals surface area (Å²) in [7, 11) is 0. The number of carbonyl (C=O) groups excluding carboxylic acids is 4. The van der Waals surface area contributed by atoms with Crippen molar-refractivity contribution in [2.75, 3.05) is 46.1 Å². The second-order valence-electron chi connectivity index (χ2n) is 16.0. The van der Waals surface area contributed by atoms with Crippen LogP contribution in [0.5, 0.6) is 0 Å². The molecule has 0 unspecified atom stereocenters. The van der Waals surface area contributed by atoms with Crippen molar-refractivity contribution in [1.82, 2.24) is 4.90 Å². The van der Waals surface area contributed by atoms with Crippen LogP contribution in [0.1, 0.15) is 221 Å². The molecule has 10 nitrogen and oxygen atoms in total. The molecular weight excluding hydrogens is 723 g/mol. The quantitative estimate of drug-likeness (QED) is 0.0335. The molecule has 0 rings (SSSR count). The van der Waals surface area contributed by atoms with Crippen molar-refractivity contribution in [1.29, 1.82) is 0 Å². The Kier molecular flexibility index (Phi) is 40.1. The zero-order chi connectivity index (χ0) is 42.0. The molecule has 0 saturated carbocycles. The maximum absolute atomic E-state index is 12.7. The summed E-state index contributed by atoms with van der Waals surface area (Å²) in [5.74, 6) is -0.815. The van der Waals surface area contributed by atoms with E-state index in [-0.39, 0.29) is 56.2 Å². The van der Waals surface area contributed by atoms with Crippen molar-refractivity contribution in [2.45, 2.75) is 227 Å². The average Bonchev–Trinajstić information content (AvgIpc) is 3.20. The van der Waals surface area contributed by atoms with Gasteiger partial charge in [0.1, 0.15) is 6.10 Å². The van der Waals surface area contributed by atoms with E-state index in [9.17, 15) is 19.2 Å². The molecule has 0 heterocycles. The minimum Gasteiger partial charge on any atom is -0.466 e. The van der Waals surface area contributed by atoms with Crippen LogP contribution < -0.4 is 0 Å². The van der Waals surface area contributed by atoms with E-state index >= 15 is 0 Å². The predicted octanol–water partition coefficient (Wildman–Crippen LogP) is 12.5. The molecule has 0 fully saturated rings. The largest absolute Gasteiger partial charge is 0.508 e. The molecule has 0 radical (unpaired) electrons. The highest BCUT2D eigenvalue weighted by Gasteiger charge is 2.18. The number of esters is 3. The molecule has 0 aromatic heterocycles. The van der Waals surface area contributed by atoms with Crippen molar-refractivity contribution in [3.05, 3.63) is 0 Å². The molecule has 0 saturated heterocycles. The van der Waals surface area contributed by atoms with Gasteiger partial charge in [-0.25, -0.2) is 4.79 Å². The van der Waals surface area contributed by atoms with Gasteiger partial charge in [0.25, 0.3) is 0 Å². The van der Waals surface area contributed by atoms with E-state index in [1.165, 1.54) is 64.2 Å². The maximum atomic E-state index is 12.7. The molecule has 1 atom stereocenters. The monoisotopic (exact) mass is 812 g/mol. The van der Waals surface area contributed by atoms with Crippen LogP contribution in [0.2, 0.25) is 0 Å². The Balaban J connectivity index is 4.79. The zero-order valence-corrected chi connectivity index (χ0v) is 37.7. The minimum absolute atomic E-state index is 0.116. The minimum atomic E-state index is -0.650. The summed E-state index contributed by atoms with van der Waals surface area (Å²) in [6.45, 7) is 14.5. The van der Waals surface area contributed by atoms with Gasteiger partial charge in [-0.1, -0.05) is 150 Å². The van der Waals surface area contributed by atoms with Crippen LogP contribution in [0.15, 0.2) is 0 Å². The first-order valence-electron chi connectivity index (χ1n) is 23.8. The number of carbonyl (C=O) groups is 4. The van der Waals surface area contributed by atoms with Gasteiger partial charge in [-0.15, -0.1) is 0 Å². The van der Waals surface area contributed by atoms with Crippen LogP contribution in [-0.4, -0.2) is 81.1 Å². The van der Waals surface area contributed by atoms with Crippen LogP contribution in [0.25, 0.3) is 0 Å². The van der Waals surface area contributed by atoms with Gasteiger partial charge < -0.3 is 28.6 Å². The highest BCUT2D eigenvalue weighted by molar-refractivity contribution is 5.70. The molecule has 0 aromatic rings. The molecule has 0 amide bonds. The Labute approximate surface area is 350 Å². The van der Waals surface area contributed by atoms with Gasteiger partial charge in [-0.05, 0) is 58.0 Å². The van der Waals surface area contributed by atoms with Crippen molar-refractivity contribution in [3.8, 4) is 0 Å². The smallest absolute Gasteiger partial charge is 0.466 e. The van der Waals surface area contributed by atoms with Gasteiger partial charge in [0.2, 0.25) is 0 Å². The Morgan fingerprint density at radius 2 is 0.842 bits per heavy atom. The molecular formula is C47H89NO9. The molecule has 0 aliphatic carbocycles. The zero-order valence-electron chi connectivity index (χ0n) is 37.7. The van der Waals surface area contributed by atoms with E-state index in [0.717, 1.165) is 96.7 Å². The maximum Gasteiger partial charge on any atom is 0.508 e. The van der Waals surface area contributed by atoms with Gasteiger partial charge in [0.05, 0.1) is 26.4 Å². The number of hydrogen-bond donors (Lipinski definition) is 0. The van der Waals surface area contributed by atoms with Crippen molar-refractivity contribution >= 4 is 24.1 Å². The number of rotatable bonds is 42. The van der Waals surface area contributed by atoms with Gasteiger partial charge in [-0.2, -0.15) is 0 Å². The Morgan fingerprint density at radius 3 is 1.33 bits per heavy atom. The molecule has 10 heteroatoms. The third-order valence-corrected chi connectivity index (χ3v) is 10.8. The molecule has 0 N–H and O–H groups in total. The summed E-state index contributed by atoms with van der Waals surface area (Å²) in [5, 5.41) is 0. The SMILES string of the molecule is CCCCCCCCCCCC[C@H](CCOC(=O)CCCCC(COC(=O)CCCCCCC)COC(=O)CCCCCCC)OC(=O)OCCCN(CC)CC. The number of ether oxygens (including phenoxy) is 5. The van der Waals surface area contributed by atoms with Crippen LogP contribution >= 0.6 is 0 Å². The van der Waals surface area contributed by atoms with E-state index in [4.69, 9.17) is 23.7 Å². The summed E-state index contributed by atoms with van der Waals surface area (Å²) >= 11 is 0. The third-order valence-electron chi connectivity index (χ3n) is 10.8. The Morgan fingerprint density at radius 1 is 0.421 bits per heavy atom. The highest BCUT2D eigenvalue weighted by Crippen LogP contribution is 2.17. The first-order chi connectivity index (χ1) is 27.8. The van der Waals surface area contributed by atoms with Gasteiger partial charge in [0, 0.05) is 38.1 Å². The van der Waals surface area contributed by atoms with Gasteiger partial charge in [0.15, 0.2) is 0 Å². The third kappa shape index (κ3) is 37.6. The van der Waals surface area contributed by atoms with E-state index in [1.807, 2.05) is 0 Å². The fraction of sp³-hybridized carbons (Fsp3) is 0.915. The molecule has 0 spiro atoms. The Hall–Kier alpha value is -2.36. The van der Waals surface area contributed by atoms with Crippen molar-refractivity contribution in [2.24, 2.45) is 5.92 Å². The molecule has 0 aliphatic heterocycles. The lowest BCUT2D eigenvalue weighted by Gasteiger charge is -2.19. The molecule has 0 bridgehead atoms. The molecule has 336 valence electrons. The summed E-state index contributed by atoms with van der Waals surface area (Å²) in [4.78, 5) is 52.3. The lowest BCUT2D eigenvalue weighted by molar-refractivity contribution is -0.149. The molecule has 57 heavy (non-hydrogen) atoms. The van der Waals surface area contributed by atoms with Crippen molar-refractivity contribution in [3.63, 3.8) is 0 Å². The van der Waals surface area contributed by atoms with E-state index in [2.05, 4.69) is 39.5 Å². The van der Waals surface area contributed by atoms with Gasteiger partial charge >= 0.3 is 24.1 Å². The van der Waals surface area contributed by atoms with Crippen LogP contribution in [0, 0.1) is 5.92 Å². The van der Waals surface area contributed by atoms with E-state index < -0.39 is 6.16 Å². The lowest BCUT2D eigenvalue weighted by atomic mass is 10.0. The number of nitrogens with zero attached hydrogens (tertiary/aromatic N) is 1. The van der Waals surface area contributed by atoms with Gasteiger partial charge in [-0.3, -0.25) is 14.4 Å². The van der Waals surface area contributed by atoms with Crippen LogP contribution in [0.3, 0.4) is 0 Å². The molecule has 0 aliphatic rings. The lowest BCUT2D eigenvalue weighted by Crippen LogP contribution is -2.26. The topological polar surface area (TPSA) is 118 Å².